The van der Waals surface area contributed by atoms with Gasteiger partial charge < -0.3 is 0 Å². The molecule has 0 bridgehead atoms. The van der Waals surface area contributed by atoms with Gasteiger partial charge in [0, 0.05) is 0 Å². The Kier molecular flexibility index (Phi) is 4.53. The molecule has 2 rings (SSSR count). The van der Waals surface area contributed by atoms with Crippen molar-refractivity contribution in [3.8, 4) is 11.1 Å². The van der Waals surface area contributed by atoms with Crippen molar-refractivity contribution in [3.05, 3.63) is 46.5 Å². The number of rotatable bonds is 3. The molecule has 2 radical (unpaired) electrons. The van der Waals surface area contributed by atoms with E-state index in [2.05, 4.69) is 0 Å². The van der Waals surface area contributed by atoms with E-state index in [9.17, 15) is 45.5 Å². The number of halogens is 8. The minimum atomic E-state index is -2.49. The van der Waals surface area contributed by atoms with Gasteiger partial charge in [0.1, 0.15) is 11.4 Å². The molecule has 2 N–H and O–H groups in total. The Labute approximate surface area is 126 Å². The van der Waals surface area contributed by atoms with Crippen molar-refractivity contribution < 1.29 is 45.5 Å². The van der Waals surface area contributed by atoms with Gasteiger partial charge in [-0.2, -0.15) is 0 Å². The van der Waals surface area contributed by atoms with Crippen LogP contribution in [0.1, 0.15) is 0 Å². The van der Waals surface area contributed by atoms with Crippen molar-refractivity contribution in [2.24, 2.45) is 0 Å². The fourth-order valence-electron chi connectivity index (χ4n) is 1.88. The van der Waals surface area contributed by atoms with Gasteiger partial charge in [-0.3, -0.25) is 0 Å². The van der Waals surface area contributed by atoms with Crippen molar-refractivity contribution in [2.45, 2.75) is 0 Å². The number of hydrogen-bond donors (Lipinski definition) is 2. The SMILES string of the molecule is [O]Nc1c(F)c(F)c(-c2c(F)c(F)c(N[O])c(F)c2F)c(F)c1F. The molecule has 0 aliphatic heterocycles. The highest BCUT2D eigenvalue weighted by atomic mass is 19.2. The fraction of sp³-hybridized carbons (Fsp3) is 0. The minimum absolute atomic E-state index is 0.527. The molecule has 0 spiro atoms. The lowest BCUT2D eigenvalue weighted by Crippen LogP contribution is -2.10. The second-order valence-electron chi connectivity index (χ2n) is 4.22. The average molecular weight is 358 g/mol. The molecule has 0 fully saturated rings. The Balaban J connectivity index is 2.99. The number of nitrogens with one attached hydrogen (secondary N) is 2. The largest absolute Gasteiger partial charge is 0.227 e. The summed E-state index contributed by atoms with van der Waals surface area (Å²) in [6, 6.07) is 0. The van der Waals surface area contributed by atoms with Crippen molar-refractivity contribution in [1.29, 1.82) is 0 Å². The van der Waals surface area contributed by atoms with Crippen LogP contribution < -0.4 is 11.0 Å². The first-order valence-corrected chi connectivity index (χ1v) is 5.67. The Morgan fingerprint density at radius 1 is 0.417 bits per heavy atom. The highest BCUT2D eigenvalue weighted by Crippen LogP contribution is 2.40. The monoisotopic (exact) mass is 358 g/mol. The van der Waals surface area contributed by atoms with Crippen LogP contribution >= 0.6 is 0 Å². The molecule has 0 unspecified atom stereocenters. The Morgan fingerprint density at radius 2 is 0.625 bits per heavy atom. The van der Waals surface area contributed by atoms with E-state index >= 15 is 0 Å². The van der Waals surface area contributed by atoms with E-state index < -0.39 is 69.0 Å². The topological polar surface area (TPSA) is 63.9 Å². The normalized spacial score (nSPS) is 10.9. The highest BCUT2D eigenvalue weighted by Gasteiger charge is 2.34. The quantitative estimate of drug-likeness (QED) is 0.495. The van der Waals surface area contributed by atoms with E-state index in [0.717, 1.165) is 0 Å². The van der Waals surface area contributed by atoms with Gasteiger partial charge in [0.05, 0.1) is 11.1 Å². The van der Waals surface area contributed by atoms with E-state index in [1.54, 1.807) is 0 Å². The van der Waals surface area contributed by atoms with Crippen LogP contribution in [0.25, 0.3) is 11.1 Å². The summed E-state index contributed by atoms with van der Waals surface area (Å²) in [6.07, 6.45) is 0. The second kappa shape index (κ2) is 6.13. The Hall–Kier alpha value is -2.60. The van der Waals surface area contributed by atoms with Gasteiger partial charge in [-0.05, 0) is 0 Å². The third-order valence-corrected chi connectivity index (χ3v) is 2.98. The summed E-state index contributed by atoms with van der Waals surface area (Å²) in [7, 11) is 0. The van der Waals surface area contributed by atoms with Crippen molar-refractivity contribution in [3.63, 3.8) is 0 Å². The molecule has 0 amide bonds. The Morgan fingerprint density at radius 3 is 0.792 bits per heavy atom. The van der Waals surface area contributed by atoms with Gasteiger partial charge in [-0.25, -0.2) is 46.1 Å². The van der Waals surface area contributed by atoms with Crippen LogP contribution in [0.15, 0.2) is 0 Å². The summed E-state index contributed by atoms with van der Waals surface area (Å²) >= 11 is 0. The van der Waals surface area contributed by atoms with Crippen molar-refractivity contribution >= 4 is 11.4 Å². The number of hydrogen-bond acceptors (Lipinski definition) is 2. The van der Waals surface area contributed by atoms with Gasteiger partial charge in [0.2, 0.25) is 0 Å². The molecule has 0 atom stereocenters. The van der Waals surface area contributed by atoms with E-state index in [1.807, 2.05) is 0 Å². The first kappa shape index (κ1) is 17.7. The van der Waals surface area contributed by atoms with Gasteiger partial charge >= 0.3 is 0 Å². The number of benzene rings is 2. The molecule has 2 aromatic rings. The lowest BCUT2D eigenvalue weighted by molar-refractivity contribution is 0.265. The molecule has 0 heterocycles. The summed E-state index contributed by atoms with van der Waals surface area (Å²) in [4.78, 5) is 0. The van der Waals surface area contributed by atoms with Crippen LogP contribution in [0, 0.1) is 46.5 Å². The maximum Gasteiger partial charge on any atom is 0.188 e. The van der Waals surface area contributed by atoms with E-state index in [4.69, 9.17) is 0 Å². The van der Waals surface area contributed by atoms with Crippen molar-refractivity contribution in [1.82, 2.24) is 0 Å². The molecular formula is C12H2F8N2O2. The van der Waals surface area contributed by atoms with Crippen LogP contribution in [-0.2, 0) is 10.4 Å². The second-order valence-corrected chi connectivity index (χ2v) is 4.22. The number of anilines is 2. The summed E-state index contributed by atoms with van der Waals surface area (Å²) in [5, 5.41) is 20.6. The fourth-order valence-corrected chi connectivity index (χ4v) is 1.88. The maximum atomic E-state index is 13.8. The highest BCUT2D eigenvalue weighted by molar-refractivity contribution is 5.72. The molecule has 0 aliphatic carbocycles. The van der Waals surface area contributed by atoms with Gasteiger partial charge in [0.25, 0.3) is 0 Å². The van der Waals surface area contributed by atoms with Crippen LogP contribution in [0.4, 0.5) is 46.5 Å². The molecule has 2 aromatic carbocycles. The summed E-state index contributed by atoms with van der Waals surface area (Å²) < 4.78 is 109. The zero-order valence-electron chi connectivity index (χ0n) is 10.8. The van der Waals surface area contributed by atoms with E-state index in [1.165, 1.54) is 0 Å². The third-order valence-electron chi connectivity index (χ3n) is 2.98. The lowest BCUT2D eigenvalue weighted by Gasteiger charge is -2.14. The molecule has 0 saturated heterocycles. The smallest absolute Gasteiger partial charge is 0.188 e. The van der Waals surface area contributed by atoms with Gasteiger partial charge in [-0.1, -0.05) is 10.4 Å². The first-order valence-electron chi connectivity index (χ1n) is 5.67. The predicted molar refractivity (Wildman–Crippen MR) is 60.2 cm³/mol. The molecular weight excluding hydrogens is 356 g/mol. The van der Waals surface area contributed by atoms with Gasteiger partial charge in [-0.15, -0.1) is 0 Å². The van der Waals surface area contributed by atoms with E-state index in [0.29, 0.717) is 11.0 Å². The predicted octanol–water partition coefficient (Wildman–Crippen LogP) is 3.98. The first-order chi connectivity index (χ1) is 11.2. The molecule has 12 heteroatoms. The third kappa shape index (κ3) is 2.30. The van der Waals surface area contributed by atoms with Gasteiger partial charge in [0.15, 0.2) is 46.5 Å². The van der Waals surface area contributed by atoms with Crippen LogP contribution in [0.2, 0.25) is 0 Å². The van der Waals surface area contributed by atoms with Crippen LogP contribution in [0.5, 0.6) is 0 Å². The van der Waals surface area contributed by atoms with Crippen LogP contribution in [-0.4, -0.2) is 0 Å². The molecule has 24 heavy (non-hydrogen) atoms. The summed E-state index contributed by atoms with van der Waals surface area (Å²) in [5.41, 5.74) is -6.94. The molecule has 128 valence electrons. The molecule has 0 saturated carbocycles. The Bertz CT molecular complexity index is 715. The summed E-state index contributed by atoms with van der Waals surface area (Å²) in [6.45, 7) is 0. The summed E-state index contributed by atoms with van der Waals surface area (Å²) in [5.74, 6) is -19.5. The van der Waals surface area contributed by atoms with E-state index in [-0.39, 0.29) is 0 Å². The lowest BCUT2D eigenvalue weighted by atomic mass is 10.00. The van der Waals surface area contributed by atoms with Crippen molar-refractivity contribution in [2.75, 3.05) is 11.0 Å². The average Bonchev–Trinajstić information content (AvgIpc) is 2.55. The molecule has 4 nitrogen and oxygen atoms in total. The molecule has 0 aliphatic rings. The zero-order chi connectivity index (χ0) is 18.3. The maximum absolute atomic E-state index is 13.8. The zero-order valence-corrected chi connectivity index (χ0v) is 10.8. The standard InChI is InChI=1S/C12H2F8N2O2/c13-3-1(4(14)8(18)11(21-23)7(3)17)2-5(15)9(19)12(22-24)10(20)6(2)16/h21-22H. The van der Waals surface area contributed by atoms with Crippen LogP contribution in [0.3, 0.4) is 0 Å². The minimum Gasteiger partial charge on any atom is -0.227 e. The molecule has 0 aromatic heterocycles.